The van der Waals surface area contributed by atoms with Gasteiger partial charge in [-0.3, -0.25) is 0 Å². The van der Waals surface area contributed by atoms with Gasteiger partial charge in [0.1, 0.15) is 0 Å². The Morgan fingerprint density at radius 3 is 3.06 bits per heavy atom. The van der Waals surface area contributed by atoms with E-state index in [9.17, 15) is 4.79 Å². The third-order valence-electron chi connectivity index (χ3n) is 2.81. The summed E-state index contributed by atoms with van der Waals surface area (Å²) in [5.74, 6) is -0.217. The molecule has 1 aliphatic carbocycles. The minimum absolute atomic E-state index is 0.179. The molecular formula is C11H15NO4. The third kappa shape index (κ3) is 2.25. The first kappa shape index (κ1) is 11.2. The van der Waals surface area contributed by atoms with Crippen LogP contribution in [0.25, 0.3) is 0 Å². The number of furan rings is 1. The molecule has 1 fully saturated rings. The molecule has 0 radical (unpaired) electrons. The molecule has 1 heterocycles. The van der Waals surface area contributed by atoms with Crippen molar-refractivity contribution in [2.24, 2.45) is 0 Å². The average molecular weight is 225 g/mol. The van der Waals surface area contributed by atoms with Gasteiger partial charge in [-0.25, -0.2) is 4.79 Å². The first-order chi connectivity index (χ1) is 7.70. The van der Waals surface area contributed by atoms with Crippen molar-refractivity contribution < 1.29 is 19.1 Å². The summed E-state index contributed by atoms with van der Waals surface area (Å²) in [6, 6.07) is 2.07. The van der Waals surface area contributed by atoms with Gasteiger partial charge in [-0.05, 0) is 18.9 Å². The van der Waals surface area contributed by atoms with E-state index in [0.717, 1.165) is 18.4 Å². The topological polar surface area (TPSA) is 71.7 Å². The van der Waals surface area contributed by atoms with Gasteiger partial charge in [0, 0.05) is 18.2 Å². The molecule has 1 aliphatic rings. The van der Waals surface area contributed by atoms with Gasteiger partial charge in [0.2, 0.25) is 5.76 Å². The van der Waals surface area contributed by atoms with E-state index < -0.39 is 5.97 Å². The van der Waals surface area contributed by atoms with Crippen molar-refractivity contribution in [3.8, 4) is 0 Å². The summed E-state index contributed by atoms with van der Waals surface area (Å²) < 4.78 is 9.66. The van der Waals surface area contributed by atoms with Gasteiger partial charge >= 0.3 is 5.97 Å². The highest BCUT2D eigenvalue weighted by molar-refractivity contribution is 5.87. The van der Waals surface area contributed by atoms with Crippen molar-refractivity contribution in [3.63, 3.8) is 0 Å². The standard InChI is InChI=1S/C11H15NO4/c1-15-11(14)10-7(2-3-16-10)6-12-8-4-9(13)5-8/h2-3,8-9,12-13H,4-6H2,1H3. The number of methoxy groups -OCH3 is 1. The van der Waals surface area contributed by atoms with Crippen molar-refractivity contribution in [2.45, 2.75) is 31.5 Å². The quantitative estimate of drug-likeness (QED) is 0.737. The summed E-state index contributed by atoms with van der Waals surface area (Å²) in [4.78, 5) is 11.3. The molecule has 2 rings (SSSR count). The Morgan fingerprint density at radius 2 is 2.44 bits per heavy atom. The summed E-state index contributed by atoms with van der Waals surface area (Å²) in [5.41, 5.74) is 0.785. The van der Waals surface area contributed by atoms with Gasteiger partial charge in [0.05, 0.1) is 19.5 Å². The van der Waals surface area contributed by atoms with Crippen molar-refractivity contribution in [3.05, 3.63) is 23.7 Å². The second-order valence-corrected chi connectivity index (χ2v) is 3.97. The lowest BCUT2D eigenvalue weighted by Crippen LogP contribution is -2.43. The minimum Gasteiger partial charge on any atom is -0.463 e. The molecule has 0 unspecified atom stereocenters. The summed E-state index contributed by atoms with van der Waals surface area (Å²) >= 11 is 0. The largest absolute Gasteiger partial charge is 0.463 e. The molecule has 0 amide bonds. The van der Waals surface area contributed by atoms with Crippen LogP contribution in [-0.4, -0.2) is 30.3 Å². The number of carbonyl (C=O) groups is 1. The van der Waals surface area contributed by atoms with E-state index in [2.05, 4.69) is 10.1 Å². The summed E-state index contributed by atoms with van der Waals surface area (Å²) in [7, 11) is 1.32. The van der Waals surface area contributed by atoms with Crippen molar-refractivity contribution in [1.29, 1.82) is 0 Å². The number of ether oxygens (including phenoxy) is 1. The van der Waals surface area contributed by atoms with E-state index in [1.54, 1.807) is 6.07 Å². The molecule has 0 bridgehead atoms. The Balaban J connectivity index is 1.89. The Labute approximate surface area is 93.4 Å². The molecule has 0 aromatic carbocycles. The molecule has 0 spiro atoms. The number of nitrogens with one attached hydrogen (secondary N) is 1. The number of esters is 1. The molecule has 0 saturated heterocycles. The Bertz CT molecular complexity index is 368. The van der Waals surface area contributed by atoms with Gasteiger partial charge in [0.15, 0.2) is 0 Å². The van der Waals surface area contributed by atoms with E-state index in [0.29, 0.717) is 12.6 Å². The van der Waals surface area contributed by atoms with Crippen LogP contribution in [0.15, 0.2) is 16.7 Å². The monoisotopic (exact) mass is 225 g/mol. The van der Waals surface area contributed by atoms with Gasteiger partial charge in [-0.2, -0.15) is 0 Å². The first-order valence-corrected chi connectivity index (χ1v) is 5.27. The molecule has 0 aliphatic heterocycles. The van der Waals surface area contributed by atoms with Crippen molar-refractivity contribution in [2.75, 3.05) is 7.11 Å². The predicted octanol–water partition coefficient (Wildman–Crippen LogP) is 0.679. The second kappa shape index (κ2) is 4.67. The van der Waals surface area contributed by atoms with Gasteiger partial charge < -0.3 is 19.6 Å². The molecule has 1 aromatic rings. The highest BCUT2D eigenvalue weighted by Gasteiger charge is 2.27. The number of rotatable bonds is 4. The van der Waals surface area contributed by atoms with Crippen LogP contribution in [0.5, 0.6) is 0 Å². The third-order valence-corrected chi connectivity index (χ3v) is 2.81. The molecule has 1 aromatic heterocycles. The van der Waals surface area contributed by atoms with E-state index in [4.69, 9.17) is 9.52 Å². The summed E-state index contributed by atoms with van der Waals surface area (Å²) in [6.45, 7) is 0.554. The van der Waals surface area contributed by atoms with E-state index in [-0.39, 0.29) is 11.9 Å². The lowest BCUT2D eigenvalue weighted by molar-refractivity contribution is 0.0554. The molecule has 5 heteroatoms. The van der Waals surface area contributed by atoms with E-state index >= 15 is 0 Å². The van der Waals surface area contributed by atoms with Crippen LogP contribution < -0.4 is 5.32 Å². The summed E-state index contributed by atoms with van der Waals surface area (Å²) in [5, 5.41) is 12.4. The van der Waals surface area contributed by atoms with Gasteiger partial charge in [0.25, 0.3) is 0 Å². The van der Waals surface area contributed by atoms with Crippen LogP contribution in [-0.2, 0) is 11.3 Å². The maximum Gasteiger partial charge on any atom is 0.374 e. The van der Waals surface area contributed by atoms with Gasteiger partial charge in [-0.1, -0.05) is 0 Å². The molecular weight excluding hydrogens is 210 g/mol. The maximum absolute atomic E-state index is 11.3. The number of hydrogen-bond donors (Lipinski definition) is 2. The van der Waals surface area contributed by atoms with E-state index in [1.165, 1.54) is 13.4 Å². The SMILES string of the molecule is COC(=O)c1occc1CNC1CC(O)C1. The van der Waals surface area contributed by atoms with Gasteiger partial charge in [-0.15, -0.1) is 0 Å². The van der Waals surface area contributed by atoms with Crippen LogP contribution in [0.3, 0.4) is 0 Å². The lowest BCUT2D eigenvalue weighted by Gasteiger charge is -2.32. The summed E-state index contributed by atoms with van der Waals surface area (Å²) in [6.07, 6.45) is 2.83. The van der Waals surface area contributed by atoms with Crippen LogP contribution in [0, 0.1) is 0 Å². The smallest absolute Gasteiger partial charge is 0.374 e. The van der Waals surface area contributed by atoms with Crippen LogP contribution in [0.4, 0.5) is 0 Å². The molecule has 88 valence electrons. The molecule has 0 atom stereocenters. The molecule has 2 N–H and O–H groups in total. The lowest BCUT2D eigenvalue weighted by atomic mass is 9.89. The Morgan fingerprint density at radius 1 is 1.69 bits per heavy atom. The number of hydrogen-bond acceptors (Lipinski definition) is 5. The predicted molar refractivity (Wildman–Crippen MR) is 55.9 cm³/mol. The molecule has 5 nitrogen and oxygen atoms in total. The fourth-order valence-corrected chi connectivity index (χ4v) is 1.76. The van der Waals surface area contributed by atoms with Crippen LogP contribution in [0.2, 0.25) is 0 Å². The highest BCUT2D eigenvalue weighted by atomic mass is 16.5. The zero-order valence-electron chi connectivity index (χ0n) is 9.10. The number of aliphatic hydroxyl groups is 1. The fraction of sp³-hybridized carbons (Fsp3) is 0.545. The maximum atomic E-state index is 11.3. The molecule has 1 saturated carbocycles. The van der Waals surface area contributed by atoms with Crippen molar-refractivity contribution in [1.82, 2.24) is 5.32 Å². The average Bonchev–Trinajstić information content (AvgIpc) is 2.69. The number of carbonyl (C=O) groups excluding carboxylic acids is 1. The zero-order valence-corrected chi connectivity index (χ0v) is 9.10. The fourth-order valence-electron chi connectivity index (χ4n) is 1.76. The Kier molecular flexibility index (Phi) is 3.26. The Hall–Kier alpha value is -1.33. The van der Waals surface area contributed by atoms with Crippen molar-refractivity contribution >= 4 is 5.97 Å². The zero-order chi connectivity index (χ0) is 11.5. The second-order valence-electron chi connectivity index (χ2n) is 3.97. The number of aliphatic hydroxyl groups excluding tert-OH is 1. The van der Waals surface area contributed by atoms with E-state index in [1.807, 2.05) is 0 Å². The molecule has 16 heavy (non-hydrogen) atoms. The highest BCUT2D eigenvalue weighted by Crippen LogP contribution is 2.20. The normalized spacial score (nSPS) is 23.9. The van der Waals surface area contributed by atoms with Crippen LogP contribution >= 0.6 is 0 Å². The first-order valence-electron chi connectivity index (χ1n) is 5.27. The minimum atomic E-state index is -0.463. The van der Waals surface area contributed by atoms with Crippen LogP contribution in [0.1, 0.15) is 29.0 Å².